The van der Waals surface area contributed by atoms with Crippen LogP contribution in [0.15, 0.2) is 29.6 Å². The zero-order valence-electron chi connectivity index (χ0n) is 11.9. The zero-order valence-corrected chi connectivity index (χ0v) is 12.7. The second-order valence-corrected chi connectivity index (χ2v) is 6.35. The number of aryl methyl sites for hydroxylation is 1. The van der Waals surface area contributed by atoms with Crippen LogP contribution in [0.4, 0.5) is 0 Å². The van der Waals surface area contributed by atoms with E-state index in [1.54, 1.807) is 5.38 Å². The van der Waals surface area contributed by atoms with Crippen LogP contribution in [0.5, 0.6) is 0 Å². The molecule has 0 bridgehead atoms. The molecule has 2 N–H and O–H groups in total. The predicted octanol–water partition coefficient (Wildman–Crippen LogP) is 2.76. The maximum absolute atomic E-state index is 12.2. The molecule has 2 atom stereocenters. The van der Waals surface area contributed by atoms with Crippen LogP contribution in [0.2, 0.25) is 0 Å². The molecule has 1 saturated carbocycles. The molecule has 3 rings (SSSR count). The molecular weight excluding hydrogens is 284 g/mol. The van der Waals surface area contributed by atoms with Crippen LogP contribution in [0.1, 0.15) is 35.3 Å². The van der Waals surface area contributed by atoms with Gasteiger partial charge in [-0.05, 0) is 31.7 Å². The van der Waals surface area contributed by atoms with E-state index in [9.17, 15) is 9.90 Å². The molecule has 0 saturated heterocycles. The highest BCUT2D eigenvalue weighted by Gasteiger charge is 2.25. The van der Waals surface area contributed by atoms with Gasteiger partial charge in [-0.25, -0.2) is 4.98 Å². The summed E-state index contributed by atoms with van der Waals surface area (Å²) in [5.74, 6) is -0.148. The number of rotatable bonds is 3. The van der Waals surface area contributed by atoms with E-state index in [1.165, 1.54) is 11.3 Å². The standard InChI is InChI=1S/C16H18N2O2S/c1-10-4-2-3-5-13(10)16-18-14(9-21-16)15(20)17-11-6-7-12(19)8-11/h2-5,9,11-12,19H,6-8H2,1H3,(H,17,20)/t11-,12+/m0/s1. The monoisotopic (exact) mass is 302 g/mol. The van der Waals surface area contributed by atoms with Gasteiger partial charge in [-0.1, -0.05) is 24.3 Å². The van der Waals surface area contributed by atoms with Crippen molar-refractivity contribution in [1.29, 1.82) is 0 Å². The molecular formula is C16H18N2O2S. The topological polar surface area (TPSA) is 62.2 Å². The number of hydrogen-bond acceptors (Lipinski definition) is 4. The van der Waals surface area contributed by atoms with Crippen molar-refractivity contribution in [3.05, 3.63) is 40.9 Å². The van der Waals surface area contributed by atoms with Gasteiger partial charge in [0.15, 0.2) is 0 Å². The number of benzene rings is 1. The number of aliphatic hydroxyl groups is 1. The number of aliphatic hydroxyl groups excluding tert-OH is 1. The maximum Gasteiger partial charge on any atom is 0.270 e. The Morgan fingerprint density at radius 1 is 1.38 bits per heavy atom. The highest BCUT2D eigenvalue weighted by molar-refractivity contribution is 7.13. The van der Waals surface area contributed by atoms with Crippen molar-refractivity contribution in [3.8, 4) is 10.6 Å². The van der Waals surface area contributed by atoms with Gasteiger partial charge in [-0.3, -0.25) is 4.79 Å². The fraction of sp³-hybridized carbons (Fsp3) is 0.375. The van der Waals surface area contributed by atoms with Crippen LogP contribution in [0, 0.1) is 6.92 Å². The Kier molecular flexibility index (Phi) is 4.03. The first-order chi connectivity index (χ1) is 10.1. The molecule has 0 radical (unpaired) electrons. The van der Waals surface area contributed by atoms with Crippen molar-refractivity contribution in [2.45, 2.75) is 38.3 Å². The molecule has 0 aliphatic heterocycles. The third kappa shape index (κ3) is 3.14. The normalized spacial score (nSPS) is 21.4. The second kappa shape index (κ2) is 5.95. The van der Waals surface area contributed by atoms with Gasteiger partial charge in [-0.2, -0.15) is 0 Å². The van der Waals surface area contributed by atoms with Crippen LogP contribution in [0.25, 0.3) is 10.6 Å². The minimum Gasteiger partial charge on any atom is -0.393 e. The number of carbonyl (C=O) groups excluding carboxylic acids is 1. The molecule has 1 aliphatic carbocycles. The molecule has 1 aliphatic rings. The third-order valence-electron chi connectivity index (χ3n) is 3.85. The van der Waals surface area contributed by atoms with Crippen molar-refractivity contribution in [3.63, 3.8) is 0 Å². The third-order valence-corrected chi connectivity index (χ3v) is 4.73. The van der Waals surface area contributed by atoms with Gasteiger partial charge in [0.2, 0.25) is 0 Å². The van der Waals surface area contributed by atoms with E-state index >= 15 is 0 Å². The summed E-state index contributed by atoms with van der Waals surface area (Å²) in [5, 5.41) is 15.1. The molecule has 4 nitrogen and oxygen atoms in total. The fourth-order valence-electron chi connectivity index (χ4n) is 2.66. The maximum atomic E-state index is 12.2. The number of hydrogen-bond donors (Lipinski definition) is 2. The lowest BCUT2D eigenvalue weighted by atomic mass is 10.1. The van der Waals surface area contributed by atoms with Crippen LogP contribution >= 0.6 is 11.3 Å². The number of nitrogens with zero attached hydrogens (tertiary/aromatic N) is 1. The van der Waals surface area contributed by atoms with E-state index in [4.69, 9.17) is 0 Å². The molecule has 0 spiro atoms. The first-order valence-electron chi connectivity index (χ1n) is 7.14. The summed E-state index contributed by atoms with van der Waals surface area (Å²) in [6.07, 6.45) is 1.95. The summed E-state index contributed by atoms with van der Waals surface area (Å²) in [7, 11) is 0. The Morgan fingerprint density at radius 2 is 2.19 bits per heavy atom. The van der Waals surface area contributed by atoms with E-state index in [2.05, 4.69) is 10.3 Å². The Bertz CT molecular complexity index is 653. The van der Waals surface area contributed by atoms with Gasteiger partial charge in [0.1, 0.15) is 10.7 Å². The van der Waals surface area contributed by atoms with Crippen molar-refractivity contribution >= 4 is 17.2 Å². The van der Waals surface area contributed by atoms with Crippen molar-refractivity contribution in [2.75, 3.05) is 0 Å². The number of aromatic nitrogens is 1. The molecule has 110 valence electrons. The first kappa shape index (κ1) is 14.2. The lowest BCUT2D eigenvalue weighted by molar-refractivity contribution is 0.0929. The molecule has 5 heteroatoms. The van der Waals surface area contributed by atoms with Gasteiger partial charge in [-0.15, -0.1) is 11.3 Å². The van der Waals surface area contributed by atoms with Crippen molar-refractivity contribution in [1.82, 2.24) is 10.3 Å². The average Bonchev–Trinajstić information content (AvgIpc) is 3.09. The highest BCUT2D eigenvalue weighted by Crippen LogP contribution is 2.27. The molecule has 1 aromatic heterocycles. The lowest BCUT2D eigenvalue weighted by Gasteiger charge is -2.10. The zero-order chi connectivity index (χ0) is 14.8. The van der Waals surface area contributed by atoms with Crippen molar-refractivity contribution in [2.24, 2.45) is 0 Å². The van der Waals surface area contributed by atoms with Crippen molar-refractivity contribution < 1.29 is 9.90 Å². The number of carbonyl (C=O) groups is 1. The Hall–Kier alpha value is -1.72. The summed E-state index contributed by atoms with van der Waals surface area (Å²) < 4.78 is 0. The molecule has 1 fully saturated rings. The first-order valence-corrected chi connectivity index (χ1v) is 8.02. The largest absolute Gasteiger partial charge is 0.393 e. The van der Waals surface area contributed by atoms with Crippen LogP contribution < -0.4 is 5.32 Å². The molecule has 1 amide bonds. The van der Waals surface area contributed by atoms with E-state index in [1.807, 2.05) is 31.2 Å². The van der Waals surface area contributed by atoms with Gasteiger partial charge in [0, 0.05) is 17.0 Å². The summed E-state index contributed by atoms with van der Waals surface area (Å²) >= 11 is 1.48. The number of amides is 1. The van der Waals surface area contributed by atoms with E-state index in [0.717, 1.165) is 29.0 Å². The number of nitrogens with one attached hydrogen (secondary N) is 1. The summed E-state index contributed by atoms with van der Waals surface area (Å²) in [6, 6.07) is 8.09. The second-order valence-electron chi connectivity index (χ2n) is 5.49. The van der Waals surface area contributed by atoms with Crippen LogP contribution in [-0.2, 0) is 0 Å². The Morgan fingerprint density at radius 3 is 2.90 bits per heavy atom. The quantitative estimate of drug-likeness (QED) is 0.916. The van der Waals surface area contributed by atoms with Gasteiger partial charge in [0.25, 0.3) is 5.91 Å². The van der Waals surface area contributed by atoms with Crippen LogP contribution in [0.3, 0.4) is 0 Å². The molecule has 1 aromatic carbocycles. The average molecular weight is 302 g/mol. The minimum atomic E-state index is -0.284. The van der Waals surface area contributed by atoms with E-state index in [-0.39, 0.29) is 18.1 Å². The Labute approximate surface area is 127 Å². The van der Waals surface area contributed by atoms with Crippen LogP contribution in [-0.4, -0.2) is 28.1 Å². The van der Waals surface area contributed by atoms with E-state index in [0.29, 0.717) is 12.1 Å². The SMILES string of the molecule is Cc1ccccc1-c1nc(C(=O)N[C@H]2CC[C@@H](O)C2)cs1. The molecule has 1 heterocycles. The summed E-state index contributed by atoms with van der Waals surface area (Å²) in [6.45, 7) is 2.04. The molecule has 21 heavy (non-hydrogen) atoms. The van der Waals surface area contributed by atoms with Gasteiger partial charge in [0.05, 0.1) is 6.10 Å². The Balaban J connectivity index is 1.73. The number of thiazole rings is 1. The predicted molar refractivity (Wildman–Crippen MR) is 83.4 cm³/mol. The smallest absolute Gasteiger partial charge is 0.270 e. The summed E-state index contributed by atoms with van der Waals surface area (Å²) in [5.41, 5.74) is 2.68. The van der Waals surface area contributed by atoms with E-state index < -0.39 is 0 Å². The molecule has 0 unspecified atom stereocenters. The lowest BCUT2D eigenvalue weighted by Crippen LogP contribution is -2.33. The minimum absolute atomic E-state index is 0.0658. The fourth-order valence-corrected chi connectivity index (χ4v) is 3.55. The van der Waals surface area contributed by atoms with Gasteiger partial charge >= 0.3 is 0 Å². The highest BCUT2D eigenvalue weighted by atomic mass is 32.1. The molecule has 2 aromatic rings. The van der Waals surface area contributed by atoms with Gasteiger partial charge < -0.3 is 10.4 Å². The summed E-state index contributed by atoms with van der Waals surface area (Å²) in [4.78, 5) is 16.6.